The van der Waals surface area contributed by atoms with Gasteiger partial charge in [0.25, 0.3) is 0 Å². The second-order valence-corrected chi connectivity index (χ2v) is 5.42. The van der Waals surface area contributed by atoms with E-state index in [2.05, 4.69) is 9.88 Å². The fourth-order valence-electron chi connectivity index (χ4n) is 2.87. The van der Waals surface area contributed by atoms with Gasteiger partial charge in [0, 0.05) is 25.5 Å². The summed E-state index contributed by atoms with van der Waals surface area (Å²) >= 11 is 0. The number of aliphatic carboxylic acids is 1. The van der Waals surface area contributed by atoms with E-state index in [1.165, 1.54) is 5.56 Å². The molecule has 2 rings (SSSR count). The molecule has 1 saturated heterocycles. The van der Waals surface area contributed by atoms with Crippen LogP contribution >= 0.6 is 0 Å². The lowest BCUT2D eigenvalue weighted by atomic mass is 9.77. The van der Waals surface area contributed by atoms with Gasteiger partial charge in [-0.3, -0.25) is 9.78 Å². The molecule has 0 bridgehead atoms. The van der Waals surface area contributed by atoms with Crippen molar-refractivity contribution >= 4 is 5.97 Å². The highest BCUT2D eigenvalue weighted by molar-refractivity contribution is 5.75. The molecule has 19 heavy (non-hydrogen) atoms. The van der Waals surface area contributed by atoms with Gasteiger partial charge in [0.2, 0.25) is 0 Å². The first-order valence-corrected chi connectivity index (χ1v) is 7.01. The number of nitrogens with zero attached hydrogens (tertiary/aromatic N) is 2. The average Bonchev–Trinajstić information content (AvgIpc) is 2.46. The van der Waals surface area contributed by atoms with Crippen LogP contribution in [0, 0.1) is 5.41 Å². The molecule has 2 heterocycles. The summed E-state index contributed by atoms with van der Waals surface area (Å²) in [4.78, 5) is 17.8. The minimum absolute atomic E-state index is 0.531. The number of carboxylic acids is 1. The monoisotopic (exact) mass is 262 g/mol. The average molecular weight is 262 g/mol. The quantitative estimate of drug-likeness (QED) is 0.884. The fourth-order valence-corrected chi connectivity index (χ4v) is 2.87. The van der Waals surface area contributed by atoms with Gasteiger partial charge in [-0.25, -0.2) is 0 Å². The molecule has 1 aliphatic heterocycles. The van der Waals surface area contributed by atoms with E-state index >= 15 is 0 Å². The largest absolute Gasteiger partial charge is 0.481 e. The van der Waals surface area contributed by atoms with Crippen LogP contribution in [-0.4, -0.2) is 40.6 Å². The molecule has 1 aromatic rings. The van der Waals surface area contributed by atoms with Gasteiger partial charge in [0.05, 0.1) is 5.41 Å². The number of piperidine rings is 1. The predicted octanol–water partition coefficient (Wildman–Crippen LogP) is 2.20. The topological polar surface area (TPSA) is 53.4 Å². The van der Waals surface area contributed by atoms with Crippen molar-refractivity contribution in [3.63, 3.8) is 0 Å². The first-order valence-electron chi connectivity index (χ1n) is 7.01. The molecule has 104 valence electrons. The summed E-state index contributed by atoms with van der Waals surface area (Å²) in [5, 5.41) is 9.46. The number of likely N-dealkylation sites (tertiary alicyclic amines) is 1. The van der Waals surface area contributed by atoms with Crippen LogP contribution in [0.5, 0.6) is 0 Å². The van der Waals surface area contributed by atoms with E-state index in [9.17, 15) is 9.90 Å². The Morgan fingerprint density at radius 1 is 1.47 bits per heavy atom. The van der Waals surface area contributed by atoms with Crippen LogP contribution in [0.25, 0.3) is 0 Å². The van der Waals surface area contributed by atoms with Gasteiger partial charge < -0.3 is 10.0 Å². The Hall–Kier alpha value is -1.42. The molecular formula is C15H22N2O2. The van der Waals surface area contributed by atoms with Gasteiger partial charge in [-0.15, -0.1) is 0 Å². The molecule has 1 fully saturated rings. The standard InChI is InChI=1S/C15H22N2O2/c1-2-15(14(18)19)7-3-10-17(12-15)11-6-13-4-8-16-9-5-13/h4-5,8-9H,2-3,6-7,10-12H2,1H3,(H,18,19). The molecular weight excluding hydrogens is 240 g/mol. The number of hydrogen-bond acceptors (Lipinski definition) is 3. The molecule has 0 amide bonds. The molecule has 0 saturated carbocycles. The van der Waals surface area contributed by atoms with Crippen molar-refractivity contribution in [3.8, 4) is 0 Å². The number of hydrogen-bond donors (Lipinski definition) is 1. The van der Waals surface area contributed by atoms with Crippen LogP contribution in [0.1, 0.15) is 31.7 Å². The third-order valence-corrected chi connectivity index (χ3v) is 4.25. The maximum Gasteiger partial charge on any atom is 0.310 e. The number of pyridine rings is 1. The van der Waals surface area contributed by atoms with Crippen molar-refractivity contribution in [1.29, 1.82) is 0 Å². The zero-order valence-electron chi connectivity index (χ0n) is 11.5. The second kappa shape index (κ2) is 6.15. The zero-order chi connectivity index (χ0) is 13.7. The Bertz CT molecular complexity index is 421. The second-order valence-electron chi connectivity index (χ2n) is 5.42. The Morgan fingerprint density at radius 3 is 2.84 bits per heavy atom. The van der Waals surface area contributed by atoms with Gasteiger partial charge in [-0.2, -0.15) is 0 Å². The van der Waals surface area contributed by atoms with Crippen LogP contribution in [0.3, 0.4) is 0 Å². The van der Waals surface area contributed by atoms with Crippen molar-refractivity contribution in [3.05, 3.63) is 30.1 Å². The lowest BCUT2D eigenvalue weighted by molar-refractivity contribution is -0.152. The van der Waals surface area contributed by atoms with Gasteiger partial charge in [0.1, 0.15) is 0 Å². The van der Waals surface area contributed by atoms with E-state index in [1.54, 1.807) is 12.4 Å². The van der Waals surface area contributed by atoms with Crippen molar-refractivity contribution in [1.82, 2.24) is 9.88 Å². The summed E-state index contributed by atoms with van der Waals surface area (Å²) < 4.78 is 0. The number of aromatic nitrogens is 1. The highest BCUT2D eigenvalue weighted by Crippen LogP contribution is 2.33. The Kier molecular flexibility index (Phi) is 4.53. The van der Waals surface area contributed by atoms with Gasteiger partial charge in [-0.1, -0.05) is 6.92 Å². The smallest absolute Gasteiger partial charge is 0.310 e. The van der Waals surface area contributed by atoms with E-state index in [0.717, 1.165) is 32.4 Å². The molecule has 1 N–H and O–H groups in total. The van der Waals surface area contributed by atoms with Gasteiger partial charge in [-0.05, 0) is 49.9 Å². The minimum atomic E-state index is -0.636. The first-order chi connectivity index (χ1) is 9.16. The highest BCUT2D eigenvalue weighted by atomic mass is 16.4. The van der Waals surface area contributed by atoms with E-state index in [1.807, 2.05) is 19.1 Å². The zero-order valence-corrected chi connectivity index (χ0v) is 11.5. The summed E-state index contributed by atoms with van der Waals surface area (Å²) in [5.41, 5.74) is 0.731. The summed E-state index contributed by atoms with van der Waals surface area (Å²) in [6.45, 7) is 4.61. The molecule has 1 aromatic heterocycles. The van der Waals surface area contributed by atoms with Gasteiger partial charge in [0.15, 0.2) is 0 Å². The molecule has 0 radical (unpaired) electrons. The Morgan fingerprint density at radius 2 is 2.21 bits per heavy atom. The third-order valence-electron chi connectivity index (χ3n) is 4.25. The van der Waals surface area contributed by atoms with Crippen LogP contribution < -0.4 is 0 Å². The van der Waals surface area contributed by atoms with Crippen LogP contribution in [0.2, 0.25) is 0 Å². The van der Waals surface area contributed by atoms with E-state index < -0.39 is 11.4 Å². The lowest BCUT2D eigenvalue weighted by Gasteiger charge is -2.39. The maximum atomic E-state index is 11.5. The number of carbonyl (C=O) groups is 1. The number of carboxylic acid groups (broad SMARTS) is 1. The molecule has 4 heteroatoms. The summed E-state index contributed by atoms with van der Waals surface area (Å²) in [6.07, 6.45) is 7.08. The highest BCUT2D eigenvalue weighted by Gasteiger charge is 2.40. The fraction of sp³-hybridized carbons (Fsp3) is 0.600. The van der Waals surface area contributed by atoms with E-state index in [0.29, 0.717) is 13.0 Å². The van der Waals surface area contributed by atoms with Crippen LogP contribution in [0.15, 0.2) is 24.5 Å². The maximum absolute atomic E-state index is 11.5. The third kappa shape index (κ3) is 3.32. The molecule has 0 aliphatic carbocycles. The summed E-state index contributed by atoms with van der Waals surface area (Å²) in [5.74, 6) is -0.636. The van der Waals surface area contributed by atoms with E-state index in [-0.39, 0.29) is 0 Å². The molecule has 0 spiro atoms. The van der Waals surface area contributed by atoms with Crippen LogP contribution in [0.4, 0.5) is 0 Å². The molecule has 1 aliphatic rings. The van der Waals surface area contributed by atoms with Gasteiger partial charge >= 0.3 is 5.97 Å². The molecule has 1 unspecified atom stereocenters. The van der Waals surface area contributed by atoms with Crippen LogP contribution in [-0.2, 0) is 11.2 Å². The molecule has 4 nitrogen and oxygen atoms in total. The van der Waals surface area contributed by atoms with Crippen molar-refractivity contribution < 1.29 is 9.90 Å². The summed E-state index contributed by atoms with van der Waals surface area (Å²) in [6, 6.07) is 4.04. The Labute approximate surface area is 114 Å². The SMILES string of the molecule is CCC1(C(=O)O)CCCN(CCc2ccncc2)C1. The Balaban J connectivity index is 1.93. The predicted molar refractivity (Wildman–Crippen MR) is 74.0 cm³/mol. The normalized spacial score (nSPS) is 24.3. The molecule has 0 aromatic carbocycles. The lowest BCUT2D eigenvalue weighted by Crippen LogP contribution is -2.48. The number of rotatable bonds is 5. The van der Waals surface area contributed by atoms with E-state index in [4.69, 9.17) is 0 Å². The minimum Gasteiger partial charge on any atom is -0.481 e. The van der Waals surface area contributed by atoms with Crippen molar-refractivity contribution in [2.75, 3.05) is 19.6 Å². The molecule has 1 atom stereocenters. The van der Waals surface area contributed by atoms with Crippen molar-refractivity contribution in [2.24, 2.45) is 5.41 Å². The first kappa shape index (κ1) is 14.0. The summed E-state index contributed by atoms with van der Waals surface area (Å²) in [7, 11) is 0. The van der Waals surface area contributed by atoms with Crippen molar-refractivity contribution in [2.45, 2.75) is 32.6 Å².